The molecule has 1 saturated carbocycles. The molecule has 14 heavy (non-hydrogen) atoms. The summed E-state index contributed by atoms with van der Waals surface area (Å²) in [4.78, 5) is 10.5. The van der Waals surface area contributed by atoms with E-state index in [1.807, 2.05) is 0 Å². The standard InChI is InChI=1S/C12H13FO/c1-12(13,10-5-6-10)11-4-2-3-9(7-11)8-14/h2-4,7-8,10H,5-6H2,1H3. The van der Waals surface area contributed by atoms with Crippen molar-refractivity contribution in [2.75, 3.05) is 0 Å². The van der Waals surface area contributed by atoms with Crippen molar-refractivity contribution in [2.45, 2.75) is 25.4 Å². The van der Waals surface area contributed by atoms with Crippen LogP contribution in [0, 0.1) is 5.92 Å². The van der Waals surface area contributed by atoms with Crippen molar-refractivity contribution >= 4 is 6.29 Å². The Morgan fingerprint density at radius 1 is 1.50 bits per heavy atom. The lowest BCUT2D eigenvalue weighted by molar-refractivity contribution is 0.112. The Morgan fingerprint density at radius 3 is 2.79 bits per heavy atom. The molecule has 0 aromatic heterocycles. The minimum absolute atomic E-state index is 0.143. The molecule has 0 radical (unpaired) electrons. The first-order valence-electron chi connectivity index (χ1n) is 4.89. The Hall–Kier alpha value is -1.18. The first-order chi connectivity index (χ1) is 6.64. The summed E-state index contributed by atoms with van der Waals surface area (Å²) in [5, 5.41) is 0. The third-order valence-electron chi connectivity index (χ3n) is 2.93. The second-order valence-corrected chi connectivity index (χ2v) is 4.09. The van der Waals surface area contributed by atoms with Gasteiger partial charge in [0.25, 0.3) is 0 Å². The summed E-state index contributed by atoms with van der Waals surface area (Å²) in [6.45, 7) is 1.61. The number of rotatable bonds is 3. The normalized spacial score (nSPS) is 20.1. The number of benzene rings is 1. The molecule has 2 rings (SSSR count). The van der Waals surface area contributed by atoms with E-state index in [-0.39, 0.29) is 5.92 Å². The van der Waals surface area contributed by atoms with E-state index in [0.29, 0.717) is 11.1 Å². The van der Waals surface area contributed by atoms with Gasteiger partial charge in [-0.3, -0.25) is 4.79 Å². The highest BCUT2D eigenvalue weighted by Gasteiger charge is 2.43. The molecule has 0 saturated heterocycles. The molecule has 1 aliphatic rings. The highest BCUT2D eigenvalue weighted by Crippen LogP contribution is 2.48. The van der Waals surface area contributed by atoms with Gasteiger partial charge in [0.05, 0.1) is 0 Å². The molecule has 0 amide bonds. The van der Waals surface area contributed by atoms with Gasteiger partial charge >= 0.3 is 0 Å². The van der Waals surface area contributed by atoms with Crippen LogP contribution in [0.25, 0.3) is 0 Å². The van der Waals surface area contributed by atoms with Crippen molar-refractivity contribution < 1.29 is 9.18 Å². The Kier molecular flexibility index (Phi) is 2.14. The average molecular weight is 192 g/mol. The molecule has 0 heterocycles. The van der Waals surface area contributed by atoms with Gasteiger partial charge in [-0.15, -0.1) is 0 Å². The zero-order valence-corrected chi connectivity index (χ0v) is 8.16. The van der Waals surface area contributed by atoms with Crippen LogP contribution >= 0.6 is 0 Å². The summed E-state index contributed by atoms with van der Waals surface area (Å²) in [5.41, 5.74) is -0.0874. The molecule has 1 aromatic carbocycles. The molecule has 1 fully saturated rings. The average Bonchev–Trinajstić information content (AvgIpc) is 3.01. The summed E-state index contributed by atoms with van der Waals surface area (Å²) in [6.07, 6.45) is 2.67. The van der Waals surface area contributed by atoms with Gasteiger partial charge in [0.2, 0.25) is 0 Å². The summed E-state index contributed by atoms with van der Waals surface area (Å²) >= 11 is 0. The molecule has 1 nitrogen and oxygen atoms in total. The van der Waals surface area contributed by atoms with Gasteiger partial charge in [-0.1, -0.05) is 18.2 Å². The number of halogens is 1. The van der Waals surface area contributed by atoms with E-state index in [4.69, 9.17) is 0 Å². The van der Waals surface area contributed by atoms with Gasteiger partial charge in [-0.05, 0) is 37.3 Å². The largest absolute Gasteiger partial charge is 0.298 e. The van der Waals surface area contributed by atoms with Gasteiger partial charge in [0.1, 0.15) is 12.0 Å². The molecular weight excluding hydrogens is 179 g/mol. The Bertz CT molecular complexity index is 353. The summed E-state index contributed by atoms with van der Waals surface area (Å²) in [6, 6.07) is 6.83. The van der Waals surface area contributed by atoms with E-state index in [2.05, 4.69) is 0 Å². The van der Waals surface area contributed by atoms with Crippen LogP contribution in [-0.2, 0) is 5.67 Å². The number of alkyl halides is 1. The third-order valence-corrected chi connectivity index (χ3v) is 2.93. The van der Waals surface area contributed by atoms with Crippen LogP contribution in [0.3, 0.4) is 0 Å². The maximum Gasteiger partial charge on any atom is 0.150 e. The molecular formula is C12H13FO. The number of carbonyl (C=O) groups is 1. The Balaban J connectivity index is 2.34. The molecule has 1 atom stereocenters. The summed E-state index contributed by atoms with van der Waals surface area (Å²) in [5.74, 6) is 0.143. The van der Waals surface area contributed by atoms with E-state index in [1.165, 1.54) is 0 Å². The molecule has 0 N–H and O–H groups in total. The van der Waals surface area contributed by atoms with Crippen LogP contribution < -0.4 is 0 Å². The molecule has 1 unspecified atom stereocenters. The molecule has 1 aromatic rings. The fraction of sp³-hybridized carbons (Fsp3) is 0.417. The maximum atomic E-state index is 14.2. The maximum absolute atomic E-state index is 14.2. The quantitative estimate of drug-likeness (QED) is 0.672. The highest BCUT2D eigenvalue weighted by atomic mass is 19.1. The van der Waals surface area contributed by atoms with Crippen molar-refractivity contribution in [3.05, 3.63) is 35.4 Å². The van der Waals surface area contributed by atoms with Gasteiger partial charge in [0.15, 0.2) is 0 Å². The summed E-state index contributed by atoms with van der Waals surface area (Å²) < 4.78 is 14.2. The predicted octanol–water partition coefficient (Wildman–Crippen LogP) is 3.09. The predicted molar refractivity (Wildman–Crippen MR) is 53.0 cm³/mol. The molecule has 74 valence electrons. The van der Waals surface area contributed by atoms with E-state index >= 15 is 0 Å². The van der Waals surface area contributed by atoms with Gasteiger partial charge < -0.3 is 0 Å². The van der Waals surface area contributed by atoms with Gasteiger partial charge in [-0.2, -0.15) is 0 Å². The number of aldehydes is 1. The molecule has 1 aliphatic carbocycles. The third kappa shape index (κ3) is 1.57. The van der Waals surface area contributed by atoms with Crippen molar-refractivity contribution in [1.29, 1.82) is 0 Å². The fourth-order valence-corrected chi connectivity index (χ4v) is 1.78. The SMILES string of the molecule is CC(F)(c1cccc(C=O)c1)C1CC1. The van der Waals surface area contributed by atoms with Crippen LogP contribution in [0.4, 0.5) is 4.39 Å². The second-order valence-electron chi connectivity index (χ2n) is 4.09. The van der Waals surface area contributed by atoms with Crippen molar-refractivity contribution in [2.24, 2.45) is 5.92 Å². The van der Waals surface area contributed by atoms with E-state index in [0.717, 1.165) is 19.1 Å². The monoisotopic (exact) mass is 192 g/mol. The fourth-order valence-electron chi connectivity index (χ4n) is 1.78. The first kappa shape index (κ1) is 9.38. The second kappa shape index (κ2) is 3.19. The van der Waals surface area contributed by atoms with E-state index < -0.39 is 5.67 Å². The number of hydrogen-bond acceptors (Lipinski definition) is 1. The van der Waals surface area contributed by atoms with Crippen LogP contribution in [0.5, 0.6) is 0 Å². The van der Waals surface area contributed by atoms with Crippen LogP contribution in [0.15, 0.2) is 24.3 Å². The minimum atomic E-state index is -1.26. The van der Waals surface area contributed by atoms with Crippen molar-refractivity contribution in [1.82, 2.24) is 0 Å². The number of carbonyl (C=O) groups excluding carboxylic acids is 1. The van der Waals surface area contributed by atoms with E-state index in [1.54, 1.807) is 31.2 Å². The minimum Gasteiger partial charge on any atom is -0.298 e. The lowest BCUT2D eigenvalue weighted by Gasteiger charge is -2.20. The summed E-state index contributed by atoms with van der Waals surface area (Å²) in [7, 11) is 0. The Morgan fingerprint density at radius 2 is 2.21 bits per heavy atom. The van der Waals surface area contributed by atoms with Crippen molar-refractivity contribution in [3.63, 3.8) is 0 Å². The van der Waals surface area contributed by atoms with Crippen LogP contribution in [0.2, 0.25) is 0 Å². The molecule has 0 bridgehead atoms. The smallest absolute Gasteiger partial charge is 0.150 e. The zero-order chi connectivity index (χ0) is 10.2. The number of hydrogen-bond donors (Lipinski definition) is 0. The first-order valence-corrected chi connectivity index (χ1v) is 4.89. The molecule has 0 aliphatic heterocycles. The van der Waals surface area contributed by atoms with Gasteiger partial charge in [0, 0.05) is 5.56 Å². The van der Waals surface area contributed by atoms with Crippen molar-refractivity contribution in [3.8, 4) is 0 Å². The highest BCUT2D eigenvalue weighted by molar-refractivity contribution is 5.75. The zero-order valence-electron chi connectivity index (χ0n) is 8.16. The van der Waals surface area contributed by atoms with Gasteiger partial charge in [-0.25, -0.2) is 4.39 Å². The Labute approximate surface area is 82.9 Å². The lowest BCUT2D eigenvalue weighted by Crippen LogP contribution is -2.17. The van der Waals surface area contributed by atoms with E-state index in [9.17, 15) is 9.18 Å². The molecule has 2 heteroatoms. The van der Waals surface area contributed by atoms with Crippen LogP contribution in [0.1, 0.15) is 35.7 Å². The topological polar surface area (TPSA) is 17.1 Å². The molecule has 0 spiro atoms. The lowest BCUT2D eigenvalue weighted by atomic mass is 9.92. The van der Waals surface area contributed by atoms with Crippen LogP contribution in [-0.4, -0.2) is 6.29 Å².